The van der Waals surface area contributed by atoms with Crippen molar-refractivity contribution in [3.05, 3.63) is 69.8 Å². The Kier molecular flexibility index (Phi) is 5.73. The quantitative estimate of drug-likeness (QED) is 0.491. The number of carbonyl (C=O) groups is 3. The summed E-state index contributed by atoms with van der Waals surface area (Å²) in [5.41, 5.74) is 4.28. The maximum atomic E-state index is 12.9. The topological polar surface area (TPSA) is 94.0 Å². The van der Waals surface area contributed by atoms with Crippen molar-refractivity contribution in [1.29, 1.82) is 0 Å². The Labute approximate surface area is 175 Å². The van der Waals surface area contributed by atoms with E-state index in [1.54, 1.807) is 32.4 Å². The van der Waals surface area contributed by atoms with Gasteiger partial charge in [-0.25, -0.2) is 9.48 Å². The molecule has 2 aromatic heterocycles. The molecule has 0 aliphatic carbocycles. The normalized spacial score (nSPS) is 11.9. The van der Waals surface area contributed by atoms with Gasteiger partial charge in [-0.05, 0) is 59.2 Å². The second-order valence-electron chi connectivity index (χ2n) is 7.39. The number of nitrogens with zero attached hydrogens (tertiary/aromatic N) is 2. The van der Waals surface area contributed by atoms with Crippen LogP contribution in [-0.4, -0.2) is 38.4 Å². The molecule has 7 nitrogen and oxygen atoms in total. The van der Waals surface area contributed by atoms with Crippen molar-refractivity contribution in [3.63, 3.8) is 0 Å². The predicted octanol–water partition coefficient (Wildman–Crippen LogP) is 4.06. The van der Waals surface area contributed by atoms with Gasteiger partial charge in [0.05, 0.1) is 22.8 Å². The fourth-order valence-electron chi connectivity index (χ4n) is 3.76. The van der Waals surface area contributed by atoms with Crippen LogP contribution in [0.15, 0.2) is 30.3 Å². The molecule has 0 saturated carbocycles. The van der Waals surface area contributed by atoms with Crippen molar-refractivity contribution in [3.8, 4) is 5.69 Å². The molecule has 1 aromatic carbocycles. The van der Waals surface area contributed by atoms with E-state index in [9.17, 15) is 14.4 Å². The summed E-state index contributed by atoms with van der Waals surface area (Å²) < 4.78 is 7.16. The summed E-state index contributed by atoms with van der Waals surface area (Å²) in [6.45, 7) is 9.94. The molecule has 3 aromatic rings. The van der Waals surface area contributed by atoms with Crippen molar-refractivity contribution >= 4 is 17.5 Å². The van der Waals surface area contributed by atoms with Crippen LogP contribution < -0.4 is 0 Å². The predicted molar refractivity (Wildman–Crippen MR) is 113 cm³/mol. The van der Waals surface area contributed by atoms with Crippen molar-refractivity contribution in [1.82, 2.24) is 14.8 Å². The van der Waals surface area contributed by atoms with E-state index in [4.69, 9.17) is 4.74 Å². The lowest BCUT2D eigenvalue weighted by molar-refractivity contribution is 0.0315. The maximum Gasteiger partial charge on any atom is 0.342 e. The molecule has 156 valence electrons. The average molecular weight is 407 g/mol. The number of benzene rings is 1. The van der Waals surface area contributed by atoms with Gasteiger partial charge in [-0.3, -0.25) is 9.59 Å². The highest BCUT2D eigenvalue weighted by atomic mass is 16.5. The largest absolute Gasteiger partial charge is 0.451 e. The molecule has 0 aliphatic heterocycles. The number of esters is 1. The fraction of sp³-hybridized carbons (Fsp3) is 0.304. The van der Waals surface area contributed by atoms with Crippen LogP contribution in [0.2, 0.25) is 0 Å². The second-order valence-corrected chi connectivity index (χ2v) is 7.39. The monoisotopic (exact) mass is 407 g/mol. The van der Waals surface area contributed by atoms with Crippen LogP contribution in [0, 0.1) is 27.7 Å². The van der Waals surface area contributed by atoms with Gasteiger partial charge in [0.2, 0.25) is 5.78 Å². The summed E-state index contributed by atoms with van der Waals surface area (Å²) in [7, 11) is 0. The third-order valence-electron chi connectivity index (χ3n) is 5.19. The molecule has 1 unspecified atom stereocenters. The Balaban J connectivity index is 1.85. The number of hydrogen-bond donors (Lipinski definition) is 1. The van der Waals surface area contributed by atoms with Crippen LogP contribution >= 0.6 is 0 Å². The van der Waals surface area contributed by atoms with Crippen molar-refractivity contribution in [2.75, 3.05) is 0 Å². The molecule has 30 heavy (non-hydrogen) atoms. The average Bonchev–Trinajstić information content (AvgIpc) is 3.16. The van der Waals surface area contributed by atoms with Crippen molar-refractivity contribution < 1.29 is 19.1 Å². The van der Waals surface area contributed by atoms with Crippen LogP contribution in [0.5, 0.6) is 0 Å². The molecule has 0 amide bonds. The Bertz CT molecular complexity index is 1140. The van der Waals surface area contributed by atoms with Gasteiger partial charge < -0.3 is 9.72 Å². The molecule has 0 fully saturated rings. The summed E-state index contributed by atoms with van der Waals surface area (Å²) in [6, 6.07) is 9.47. The van der Waals surface area contributed by atoms with Crippen LogP contribution in [0.25, 0.3) is 5.69 Å². The summed E-state index contributed by atoms with van der Waals surface area (Å²) in [5.74, 6) is -1.12. The van der Waals surface area contributed by atoms with Gasteiger partial charge in [0.1, 0.15) is 5.56 Å². The van der Waals surface area contributed by atoms with Crippen LogP contribution in [0.4, 0.5) is 0 Å². The van der Waals surface area contributed by atoms with Gasteiger partial charge >= 0.3 is 5.97 Å². The summed E-state index contributed by atoms with van der Waals surface area (Å²) in [6.07, 6.45) is -1.02. The molecule has 3 rings (SSSR count). The standard InChI is InChI=1S/C23H25N3O4/c1-12-19(16(5)27)13(2)24-21(12)22(28)17(6)30-23(29)20-14(3)25-26(15(20)4)18-10-8-7-9-11-18/h7-11,17,24H,1-6H3. The third-order valence-corrected chi connectivity index (χ3v) is 5.19. The van der Waals surface area contributed by atoms with Crippen molar-refractivity contribution in [2.45, 2.75) is 47.6 Å². The molecule has 0 spiro atoms. The Hall–Kier alpha value is -3.48. The molecular formula is C23H25N3O4. The maximum absolute atomic E-state index is 12.9. The number of para-hydroxylation sites is 1. The number of hydrogen-bond acceptors (Lipinski definition) is 5. The summed E-state index contributed by atoms with van der Waals surface area (Å²) >= 11 is 0. The number of aryl methyl sites for hydroxylation is 2. The van der Waals surface area contributed by atoms with Gasteiger partial charge in [-0.15, -0.1) is 0 Å². The van der Waals surface area contributed by atoms with Gasteiger partial charge in [-0.1, -0.05) is 18.2 Å². The molecule has 1 atom stereocenters. The van der Waals surface area contributed by atoms with E-state index in [2.05, 4.69) is 10.1 Å². The minimum atomic E-state index is -1.02. The fourth-order valence-corrected chi connectivity index (χ4v) is 3.76. The van der Waals surface area contributed by atoms with E-state index in [-0.39, 0.29) is 17.3 Å². The van der Waals surface area contributed by atoms with Gasteiger partial charge in [-0.2, -0.15) is 5.10 Å². The minimum absolute atomic E-state index is 0.121. The molecule has 2 heterocycles. The molecule has 0 aliphatic rings. The number of rotatable bonds is 6. The third kappa shape index (κ3) is 3.70. The van der Waals surface area contributed by atoms with E-state index in [1.165, 1.54) is 13.8 Å². The zero-order valence-corrected chi connectivity index (χ0v) is 18.0. The first-order valence-corrected chi connectivity index (χ1v) is 9.70. The number of ketones is 2. The smallest absolute Gasteiger partial charge is 0.342 e. The van der Waals surface area contributed by atoms with Gasteiger partial charge in [0.15, 0.2) is 11.9 Å². The highest BCUT2D eigenvalue weighted by Crippen LogP contribution is 2.22. The van der Waals surface area contributed by atoms with Crippen LogP contribution in [0.3, 0.4) is 0 Å². The molecule has 7 heteroatoms. The summed E-state index contributed by atoms with van der Waals surface area (Å²) in [5, 5.41) is 4.45. The number of ether oxygens (including phenoxy) is 1. The Morgan fingerprint density at radius 3 is 2.23 bits per heavy atom. The van der Waals surface area contributed by atoms with Gasteiger partial charge in [0, 0.05) is 11.3 Å². The van der Waals surface area contributed by atoms with E-state index in [1.807, 2.05) is 30.3 Å². The Morgan fingerprint density at radius 2 is 1.67 bits per heavy atom. The molecule has 0 bridgehead atoms. The van der Waals surface area contributed by atoms with E-state index in [0.717, 1.165) is 5.69 Å². The Morgan fingerprint density at radius 1 is 1.03 bits per heavy atom. The molecular weight excluding hydrogens is 382 g/mol. The zero-order chi connectivity index (χ0) is 22.2. The number of Topliss-reactive ketones (excluding diaryl/α,β-unsaturated/α-hetero) is 2. The lowest BCUT2D eigenvalue weighted by Crippen LogP contribution is -2.26. The summed E-state index contributed by atoms with van der Waals surface area (Å²) in [4.78, 5) is 40.5. The van der Waals surface area contributed by atoms with Crippen LogP contribution in [-0.2, 0) is 4.74 Å². The van der Waals surface area contributed by atoms with Gasteiger partial charge in [0.25, 0.3) is 0 Å². The molecule has 1 N–H and O–H groups in total. The number of aromatic amines is 1. The van der Waals surface area contributed by atoms with E-state index in [0.29, 0.717) is 33.8 Å². The highest BCUT2D eigenvalue weighted by molar-refractivity contribution is 6.05. The highest BCUT2D eigenvalue weighted by Gasteiger charge is 2.28. The van der Waals surface area contributed by atoms with E-state index < -0.39 is 12.1 Å². The molecule has 0 saturated heterocycles. The first-order chi connectivity index (χ1) is 14.1. The first-order valence-electron chi connectivity index (χ1n) is 9.70. The number of aromatic nitrogens is 3. The second kappa shape index (κ2) is 8.10. The molecule has 0 radical (unpaired) electrons. The SMILES string of the molecule is CC(=O)c1c(C)[nH]c(C(=O)C(C)OC(=O)c2c(C)nn(-c3ccccc3)c2C)c1C. The number of carbonyl (C=O) groups excluding carboxylic acids is 3. The van der Waals surface area contributed by atoms with E-state index >= 15 is 0 Å². The zero-order valence-electron chi connectivity index (χ0n) is 18.0. The van der Waals surface area contributed by atoms with Crippen LogP contribution in [0.1, 0.15) is 67.7 Å². The lowest BCUT2D eigenvalue weighted by atomic mass is 10.0. The lowest BCUT2D eigenvalue weighted by Gasteiger charge is -2.12. The van der Waals surface area contributed by atoms with Crippen molar-refractivity contribution in [2.24, 2.45) is 0 Å². The number of nitrogens with one attached hydrogen (secondary N) is 1. The minimum Gasteiger partial charge on any atom is -0.451 e. The number of H-pyrrole nitrogens is 1. The first kappa shape index (κ1) is 21.2.